The van der Waals surface area contributed by atoms with Crippen molar-refractivity contribution in [2.45, 2.75) is 109 Å². The Hall–Kier alpha value is -6.73. The molecule has 71 heavy (non-hydrogen) atoms. The van der Waals surface area contributed by atoms with E-state index in [-0.39, 0.29) is 72.7 Å². The number of aromatic nitrogens is 3. The number of allylic oxidation sites excluding steroid dienone is 1. The lowest BCUT2D eigenvalue weighted by molar-refractivity contribution is -0.144. The van der Waals surface area contributed by atoms with E-state index in [1.54, 1.807) is 66.0 Å². The van der Waals surface area contributed by atoms with Crippen LogP contribution in [0.3, 0.4) is 0 Å². The van der Waals surface area contributed by atoms with Gasteiger partial charge in [-0.15, -0.1) is 11.3 Å². The topological polar surface area (TPSA) is 262 Å². The number of thiazole rings is 1. The molecule has 2 aromatic carbocycles. The summed E-state index contributed by atoms with van der Waals surface area (Å²) in [6.45, 7) is 9.60. The maximum atomic E-state index is 14.3. The van der Waals surface area contributed by atoms with Gasteiger partial charge in [-0.3, -0.25) is 19.2 Å². The van der Waals surface area contributed by atoms with E-state index < -0.39 is 29.5 Å². The zero-order valence-electron chi connectivity index (χ0n) is 41.3. The van der Waals surface area contributed by atoms with Gasteiger partial charge in [-0.1, -0.05) is 57.2 Å². The summed E-state index contributed by atoms with van der Waals surface area (Å²) in [7, 11) is 1.77. The standard InChI is InChI=1S/C52H68N12O6S/c1-30-44(71-29-59-30)33-14-10-31(11-15-33)22-56-48(68)42-20-38(65)28-63(42)50(70)45(52(2,3)4)60-47(67)34-16-12-32(13-17-34)25-61(5)49(69)35-23-57-51(58-24-35)64-36-18-19-37(64)27-62(26-36)41(46(54)55)21-40(53)39-8-6-7-9-43(39)66/h6-11,14-15,21,23-24,29,32,34,36-38,42,45,65-66H,12-13,16-20,22,25-28,53-55H2,1-5H3,(H,56,68)(H,60,67)/b40-21-/t32?,34?,36?,37?,38-,42+,45-/m1/s1. The zero-order chi connectivity index (χ0) is 50.7. The molecule has 10 N–H and O–H groups in total. The first-order valence-electron chi connectivity index (χ1n) is 24.5. The molecule has 5 heterocycles. The number of nitrogens with two attached hydrogens (primary N) is 3. The number of amides is 4. The van der Waals surface area contributed by atoms with Crippen molar-refractivity contribution < 1.29 is 29.4 Å². The lowest BCUT2D eigenvalue weighted by atomic mass is 9.80. The van der Waals surface area contributed by atoms with Crippen molar-refractivity contribution in [3.8, 4) is 16.2 Å². The van der Waals surface area contributed by atoms with Crippen LogP contribution in [-0.4, -0.2) is 127 Å². The molecular formula is C52H68N12O6S. The number of benzene rings is 2. The summed E-state index contributed by atoms with van der Waals surface area (Å²) in [6.07, 6.45) is 8.61. The van der Waals surface area contributed by atoms with Crippen LogP contribution in [-0.2, 0) is 20.9 Å². The number of para-hydroxylation sites is 1. The molecule has 4 aromatic rings. The number of nitrogens with one attached hydrogen (secondary N) is 2. The van der Waals surface area contributed by atoms with Crippen LogP contribution in [0.4, 0.5) is 5.95 Å². The van der Waals surface area contributed by atoms with Crippen LogP contribution in [0.5, 0.6) is 5.75 Å². The molecule has 378 valence electrons. The van der Waals surface area contributed by atoms with Gasteiger partial charge >= 0.3 is 0 Å². The lowest BCUT2D eigenvalue weighted by Crippen LogP contribution is -2.58. The van der Waals surface area contributed by atoms with E-state index in [1.807, 2.05) is 57.5 Å². The summed E-state index contributed by atoms with van der Waals surface area (Å²) in [5, 5.41) is 27.1. The Kier molecular flexibility index (Phi) is 15.2. The largest absolute Gasteiger partial charge is 0.507 e. The lowest BCUT2D eigenvalue weighted by Gasteiger charge is -2.42. The summed E-state index contributed by atoms with van der Waals surface area (Å²) in [6, 6.07) is 13.1. The highest BCUT2D eigenvalue weighted by atomic mass is 32.1. The summed E-state index contributed by atoms with van der Waals surface area (Å²) >= 11 is 1.57. The Morgan fingerprint density at radius 1 is 0.901 bits per heavy atom. The number of aromatic hydroxyl groups is 1. The number of aliphatic hydroxyl groups is 1. The van der Waals surface area contributed by atoms with Crippen LogP contribution >= 0.6 is 11.3 Å². The second-order valence-electron chi connectivity index (χ2n) is 20.7. The van der Waals surface area contributed by atoms with Gasteiger partial charge in [0.25, 0.3) is 5.91 Å². The van der Waals surface area contributed by atoms with E-state index in [0.29, 0.717) is 60.9 Å². The zero-order valence-corrected chi connectivity index (χ0v) is 42.1. The van der Waals surface area contributed by atoms with E-state index in [1.165, 1.54) is 4.90 Å². The first-order valence-corrected chi connectivity index (χ1v) is 25.4. The smallest absolute Gasteiger partial charge is 0.256 e. The maximum Gasteiger partial charge on any atom is 0.256 e. The summed E-state index contributed by atoms with van der Waals surface area (Å²) < 4.78 is 0. The normalized spacial score (nSPS) is 22.7. The molecule has 18 nitrogen and oxygen atoms in total. The SMILES string of the molecule is Cc1ncsc1-c1ccc(CNC(=O)[C@@H]2C[C@@H](O)CN2C(=O)[C@@H](NC(=O)C2CCC(CN(C)C(=O)c3cnc(N4C5CCC4CN(C(/C=C(\N)c4ccccc4O)=C(N)N)C5)nc3)CC2)C(C)(C)C)cc1. The van der Waals surface area contributed by atoms with Crippen molar-refractivity contribution >= 4 is 46.6 Å². The minimum Gasteiger partial charge on any atom is -0.507 e. The molecule has 4 aliphatic rings. The number of hydrogen-bond donors (Lipinski definition) is 7. The van der Waals surface area contributed by atoms with E-state index in [9.17, 15) is 29.4 Å². The van der Waals surface area contributed by atoms with E-state index >= 15 is 0 Å². The van der Waals surface area contributed by atoms with Gasteiger partial charge in [0.15, 0.2) is 0 Å². The highest BCUT2D eigenvalue weighted by molar-refractivity contribution is 7.13. The highest BCUT2D eigenvalue weighted by Gasteiger charge is 2.46. The number of anilines is 1. The third-order valence-corrected chi connectivity index (χ3v) is 15.5. The molecule has 0 radical (unpaired) electrons. The fourth-order valence-electron chi connectivity index (χ4n) is 10.6. The highest BCUT2D eigenvalue weighted by Crippen LogP contribution is 2.36. The number of aliphatic hydroxyl groups excluding tert-OH is 1. The Labute approximate surface area is 419 Å². The number of rotatable bonds is 14. The van der Waals surface area contributed by atoms with Crippen LogP contribution in [0.1, 0.15) is 92.9 Å². The van der Waals surface area contributed by atoms with Gasteiger partial charge in [-0.2, -0.15) is 0 Å². The molecule has 19 heteroatoms. The fourth-order valence-corrected chi connectivity index (χ4v) is 11.4. The van der Waals surface area contributed by atoms with Crippen molar-refractivity contribution in [1.29, 1.82) is 0 Å². The number of fused-ring (bicyclic) bond motifs is 2. The predicted molar refractivity (Wildman–Crippen MR) is 273 cm³/mol. The number of nitrogens with zero attached hydrogens (tertiary/aromatic N) is 7. The summed E-state index contributed by atoms with van der Waals surface area (Å²) in [5.41, 5.74) is 24.6. The van der Waals surface area contributed by atoms with Crippen molar-refractivity contribution in [3.05, 3.63) is 106 Å². The third kappa shape index (κ3) is 11.4. The molecule has 2 unspecified atom stereocenters. The van der Waals surface area contributed by atoms with Crippen LogP contribution in [0.2, 0.25) is 0 Å². The van der Waals surface area contributed by atoms with Gasteiger partial charge in [0.05, 0.1) is 33.4 Å². The van der Waals surface area contributed by atoms with Gasteiger partial charge in [0.2, 0.25) is 23.7 Å². The van der Waals surface area contributed by atoms with Crippen LogP contribution in [0.15, 0.2) is 84.0 Å². The number of hydrogen-bond acceptors (Lipinski definition) is 15. The molecule has 1 aliphatic carbocycles. The number of likely N-dealkylation sites (tertiary alicyclic amines) is 2. The Morgan fingerprint density at radius 2 is 1.56 bits per heavy atom. The number of aryl methyl sites for hydroxylation is 1. The first-order chi connectivity index (χ1) is 33.9. The van der Waals surface area contributed by atoms with Gasteiger partial charge in [-0.05, 0) is 86.1 Å². The Bertz CT molecular complexity index is 2620. The molecule has 0 spiro atoms. The average molecular weight is 989 g/mol. The number of carbonyl (C=O) groups is 4. The van der Waals surface area contributed by atoms with Crippen molar-refractivity contribution in [1.82, 2.24) is 40.3 Å². The van der Waals surface area contributed by atoms with Crippen LogP contribution < -0.4 is 32.7 Å². The summed E-state index contributed by atoms with van der Waals surface area (Å²) in [4.78, 5) is 77.6. The van der Waals surface area contributed by atoms with Gasteiger partial charge in [0, 0.05) is 87.8 Å². The maximum absolute atomic E-state index is 14.3. The van der Waals surface area contributed by atoms with Crippen LogP contribution in [0.25, 0.3) is 16.1 Å². The first kappa shape index (κ1) is 50.7. The molecule has 2 aromatic heterocycles. The number of phenols is 1. The predicted octanol–water partition coefficient (Wildman–Crippen LogP) is 4.04. The molecule has 8 rings (SSSR count). The van der Waals surface area contributed by atoms with E-state index in [2.05, 4.69) is 35.4 Å². The Balaban J connectivity index is 0.810. The molecule has 3 aliphatic heterocycles. The number of piperazine rings is 1. The minimum absolute atomic E-state index is 0.00207. The third-order valence-electron chi connectivity index (χ3n) is 14.5. The van der Waals surface area contributed by atoms with Crippen LogP contribution in [0, 0.1) is 24.2 Å². The minimum atomic E-state index is -0.918. The molecule has 1 saturated carbocycles. The molecule has 4 fully saturated rings. The van der Waals surface area contributed by atoms with Gasteiger partial charge in [0.1, 0.15) is 23.7 Å². The number of phenolic OH excluding ortho intramolecular Hbond substituents is 1. The van der Waals surface area contributed by atoms with Crippen molar-refractivity contribution in [2.24, 2.45) is 34.5 Å². The molecule has 5 atom stereocenters. The molecule has 2 bridgehead atoms. The molecule has 4 amide bonds. The second kappa shape index (κ2) is 21.3. The van der Waals surface area contributed by atoms with E-state index in [0.717, 1.165) is 47.4 Å². The number of β-amino-alcohol motifs (C(OH)–C–C–N with tert-alkyl or cyclic N) is 1. The number of carbonyl (C=O) groups excluding carboxylic acids is 4. The van der Waals surface area contributed by atoms with Crippen molar-refractivity contribution in [2.75, 3.05) is 38.1 Å². The summed E-state index contributed by atoms with van der Waals surface area (Å²) in [5.74, 6) is -0.534. The fraction of sp³-hybridized carbons (Fsp3) is 0.481. The molecular weight excluding hydrogens is 921 g/mol. The average Bonchev–Trinajstić information content (AvgIpc) is 4.04. The van der Waals surface area contributed by atoms with Gasteiger partial charge in [-0.25, -0.2) is 15.0 Å². The second-order valence-corrected chi connectivity index (χ2v) is 21.6. The quantitative estimate of drug-likeness (QED) is 0.0881. The Morgan fingerprint density at radius 3 is 2.17 bits per heavy atom. The monoisotopic (exact) mass is 989 g/mol. The van der Waals surface area contributed by atoms with E-state index in [4.69, 9.17) is 17.2 Å². The molecule has 3 saturated heterocycles. The van der Waals surface area contributed by atoms with Gasteiger partial charge < -0.3 is 57.6 Å². The van der Waals surface area contributed by atoms with Crippen molar-refractivity contribution in [3.63, 3.8) is 0 Å².